The molecule has 2 aromatic heterocycles. The molecule has 0 spiro atoms. The number of aromatic nitrogens is 2. The van der Waals surface area contributed by atoms with Crippen LogP contribution in [0.5, 0.6) is 0 Å². The minimum absolute atomic E-state index is 0.550. The average molecular weight is 147 g/mol. The smallest absolute Gasteiger partial charge is 0.0876 e. The number of nitrogens with zero attached hydrogens (tertiary/aromatic N) is 1. The molecule has 0 aliphatic heterocycles. The maximum Gasteiger partial charge on any atom is 0.0876 e. The molecule has 0 amide bonds. The molecule has 0 fully saturated rings. The van der Waals surface area contributed by atoms with E-state index in [-0.39, 0.29) is 0 Å². The van der Waals surface area contributed by atoms with Gasteiger partial charge in [-0.25, -0.2) is 0 Å². The highest BCUT2D eigenvalue weighted by atomic mass is 14.7. The van der Waals surface area contributed by atoms with Crippen LogP contribution in [0.2, 0.25) is 0 Å². The fraction of sp³-hybridized carbons (Fsp3) is 0.125. The van der Waals surface area contributed by atoms with Gasteiger partial charge in [0.25, 0.3) is 0 Å². The van der Waals surface area contributed by atoms with Crippen LogP contribution in [0.4, 0.5) is 0 Å². The zero-order valence-electron chi connectivity index (χ0n) is 6.04. The van der Waals surface area contributed by atoms with Crippen molar-refractivity contribution in [1.82, 2.24) is 9.97 Å². The van der Waals surface area contributed by atoms with E-state index in [1.54, 1.807) is 6.20 Å². The second-order valence-electron chi connectivity index (χ2n) is 2.48. The van der Waals surface area contributed by atoms with Crippen molar-refractivity contribution < 1.29 is 0 Å². The van der Waals surface area contributed by atoms with Crippen LogP contribution in [0, 0.1) is 0 Å². The summed E-state index contributed by atoms with van der Waals surface area (Å²) in [6.45, 7) is 0.550. The molecule has 0 atom stereocenters. The topological polar surface area (TPSA) is 54.7 Å². The number of nitrogens with one attached hydrogen (secondary N) is 1. The van der Waals surface area contributed by atoms with Crippen molar-refractivity contribution in [2.24, 2.45) is 5.73 Å². The van der Waals surface area contributed by atoms with Crippen LogP contribution in [-0.2, 0) is 6.54 Å². The van der Waals surface area contributed by atoms with Crippen molar-refractivity contribution in [3.8, 4) is 0 Å². The first kappa shape index (κ1) is 6.37. The van der Waals surface area contributed by atoms with E-state index in [1.807, 2.05) is 18.5 Å². The van der Waals surface area contributed by atoms with Gasteiger partial charge in [0.2, 0.25) is 0 Å². The fourth-order valence-corrected chi connectivity index (χ4v) is 1.10. The quantitative estimate of drug-likeness (QED) is 0.632. The molecule has 0 aliphatic rings. The van der Waals surface area contributed by atoms with Gasteiger partial charge in [0.05, 0.1) is 5.52 Å². The van der Waals surface area contributed by atoms with Crippen molar-refractivity contribution in [1.29, 1.82) is 0 Å². The van der Waals surface area contributed by atoms with E-state index >= 15 is 0 Å². The van der Waals surface area contributed by atoms with Gasteiger partial charge < -0.3 is 10.7 Å². The van der Waals surface area contributed by atoms with E-state index in [9.17, 15) is 0 Å². The van der Waals surface area contributed by atoms with Gasteiger partial charge in [-0.3, -0.25) is 4.98 Å². The summed E-state index contributed by atoms with van der Waals surface area (Å²) in [5.41, 5.74) is 7.51. The Labute approximate surface area is 64.2 Å². The second kappa shape index (κ2) is 2.36. The molecule has 0 unspecified atom stereocenters. The van der Waals surface area contributed by atoms with E-state index in [2.05, 4.69) is 9.97 Å². The van der Waals surface area contributed by atoms with Crippen molar-refractivity contribution >= 4 is 10.9 Å². The zero-order chi connectivity index (χ0) is 7.68. The van der Waals surface area contributed by atoms with Crippen LogP contribution in [-0.4, -0.2) is 9.97 Å². The number of fused-ring (bicyclic) bond motifs is 1. The lowest BCUT2D eigenvalue weighted by Gasteiger charge is -1.93. The molecule has 0 bridgehead atoms. The number of hydrogen-bond acceptors (Lipinski definition) is 2. The molecule has 56 valence electrons. The van der Waals surface area contributed by atoms with Crippen LogP contribution < -0.4 is 5.73 Å². The summed E-state index contributed by atoms with van der Waals surface area (Å²) in [5.74, 6) is 0. The molecule has 3 heteroatoms. The Morgan fingerprint density at radius 2 is 2.36 bits per heavy atom. The maximum atomic E-state index is 5.46. The molecule has 2 aromatic rings. The third kappa shape index (κ3) is 0.991. The largest absolute Gasteiger partial charge is 0.365 e. The Balaban J connectivity index is 2.67. The molecule has 3 nitrogen and oxygen atoms in total. The van der Waals surface area contributed by atoms with Crippen LogP contribution in [0.15, 0.2) is 24.7 Å². The lowest BCUT2D eigenvalue weighted by molar-refractivity contribution is 1.06. The van der Waals surface area contributed by atoms with Crippen molar-refractivity contribution in [3.63, 3.8) is 0 Å². The third-order valence-electron chi connectivity index (χ3n) is 1.70. The van der Waals surface area contributed by atoms with Crippen LogP contribution in [0.25, 0.3) is 10.9 Å². The number of hydrogen-bond donors (Lipinski definition) is 2. The number of aromatic amines is 1. The maximum absolute atomic E-state index is 5.46. The molecule has 0 saturated carbocycles. The fourth-order valence-electron chi connectivity index (χ4n) is 1.10. The Morgan fingerprint density at radius 3 is 3.18 bits per heavy atom. The Kier molecular flexibility index (Phi) is 1.36. The lowest BCUT2D eigenvalue weighted by Crippen LogP contribution is -1.95. The molecule has 0 radical (unpaired) electrons. The molecular formula is C8H9N3. The molecule has 0 aromatic carbocycles. The van der Waals surface area contributed by atoms with Crippen molar-refractivity contribution in [2.75, 3.05) is 0 Å². The molecule has 2 heterocycles. The van der Waals surface area contributed by atoms with Crippen LogP contribution >= 0.6 is 0 Å². The highest BCUT2D eigenvalue weighted by Gasteiger charge is 1.95. The minimum Gasteiger partial charge on any atom is -0.365 e. The van der Waals surface area contributed by atoms with E-state index in [0.717, 1.165) is 16.5 Å². The zero-order valence-corrected chi connectivity index (χ0v) is 6.04. The molecule has 11 heavy (non-hydrogen) atoms. The average Bonchev–Trinajstić information content (AvgIpc) is 2.50. The normalized spacial score (nSPS) is 10.6. The summed E-state index contributed by atoms with van der Waals surface area (Å²) >= 11 is 0. The summed E-state index contributed by atoms with van der Waals surface area (Å²) in [7, 11) is 0. The predicted octanol–water partition coefficient (Wildman–Crippen LogP) is 1.02. The van der Waals surface area contributed by atoms with Gasteiger partial charge in [0.15, 0.2) is 0 Å². The van der Waals surface area contributed by atoms with Gasteiger partial charge in [-0.1, -0.05) is 0 Å². The van der Waals surface area contributed by atoms with Crippen LogP contribution in [0.3, 0.4) is 0 Å². The lowest BCUT2D eigenvalue weighted by atomic mass is 10.2. The standard InChI is InChI=1S/C8H9N3/c9-2-6-1-7-4-10-5-8(7)11-3-6/h1,3-5,10H,2,9H2. The van der Waals surface area contributed by atoms with Gasteiger partial charge in [-0.05, 0) is 11.6 Å². The van der Waals surface area contributed by atoms with Crippen molar-refractivity contribution in [2.45, 2.75) is 6.54 Å². The van der Waals surface area contributed by atoms with Crippen LogP contribution in [0.1, 0.15) is 5.56 Å². The molecular weight excluding hydrogens is 138 g/mol. The van der Waals surface area contributed by atoms with Gasteiger partial charge >= 0.3 is 0 Å². The number of pyridine rings is 1. The third-order valence-corrected chi connectivity index (χ3v) is 1.70. The summed E-state index contributed by atoms with van der Waals surface area (Å²) in [5, 5.41) is 1.12. The van der Waals surface area contributed by atoms with Gasteiger partial charge in [-0.2, -0.15) is 0 Å². The van der Waals surface area contributed by atoms with E-state index in [1.165, 1.54) is 0 Å². The monoisotopic (exact) mass is 147 g/mol. The molecule has 0 saturated heterocycles. The van der Waals surface area contributed by atoms with Gasteiger partial charge in [0, 0.05) is 30.5 Å². The number of rotatable bonds is 1. The van der Waals surface area contributed by atoms with E-state index in [4.69, 9.17) is 5.73 Å². The highest BCUT2D eigenvalue weighted by molar-refractivity contribution is 5.78. The Morgan fingerprint density at radius 1 is 1.45 bits per heavy atom. The highest BCUT2D eigenvalue weighted by Crippen LogP contribution is 2.10. The number of nitrogens with two attached hydrogens (primary N) is 1. The SMILES string of the molecule is NCc1cnc2c[nH]cc2c1. The van der Waals surface area contributed by atoms with Gasteiger partial charge in [0.1, 0.15) is 0 Å². The Hall–Kier alpha value is -1.35. The van der Waals surface area contributed by atoms with E-state index < -0.39 is 0 Å². The van der Waals surface area contributed by atoms with Gasteiger partial charge in [-0.15, -0.1) is 0 Å². The molecule has 3 N–H and O–H groups in total. The summed E-state index contributed by atoms with van der Waals surface area (Å²) in [4.78, 5) is 7.19. The Bertz CT molecular complexity index is 364. The predicted molar refractivity (Wildman–Crippen MR) is 44.0 cm³/mol. The van der Waals surface area contributed by atoms with E-state index in [0.29, 0.717) is 6.54 Å². The molecule has 2 rings (SSSR count). The summed E-state index contributed by atoms with van der Waals surface area (Å²) < 4.78 is 0. The first-order valence-corrected chi connectivity index (χ1v) is 3.51. The summed E-state index contributed by atoms with van der Waals surface area (Å²) in [6, 6.07) is 2.04. The molecule has 0 aliphatic carbocycles. The first-order chi connectivity index (χ1) is 5.40. The second-order valence-corrected chi connectivity index (χ2v) is 2.48. The minimum atomic E-state index is 0.550. The summed E-state index contributed by atoms with van der Waals surface area (Å²) in [6.07, 6.45) is 5.59. The van der Waals surface area contributed by atoms with Crippen molar-refractivity contribution in [3.05, 3.63) is 30.2 Å². The first-order valence-electron chi connectivity index (χ1n) is 3.51. The number of H-pyrrole nitrogens is 1.